The van der Waals surface area contributed by atoms with E-state index in [2.05, 4.69) is 5.32 Å². The summed E-state index contributed by atoms with van der Waals surface area (Å²) in [5.41, 5.74) is 0.991. The van der Waals surface area contributed by atoms with Gasteiger partial charge in [-0.2, -0.15) is 0 Å². The monoisotopic (exact) mass is 304 g/mol. The van der Waals surface area contributed by atoms with Crippen molar-refractivity contribution in [1.29, 1.82) is 0 Å². The molecule has 2 rings (SSSR count). The van der Waals surface area contributed by atoms with Gasteiger partial charge >= 0.3 is 12.0 Å². The highest BCUT2D eigenvalue weighted by Gasteiger charge is 2.28. The van der Waals surface area contributed by atoms with E-state index in [9.17, 15) is 9.59 Å². The average molecular weight is 304 g/mol. The number of carbonyl (C=O) groups excluding carboxylic acids is 2. The Kier molecular flexibility index (Phi) is 5.81. The van der Waals surface area contributed by atoms with Crippen molar-refractivity contribution in [2.75, 3.05) is 13.7 Å². The van der Waals surface area contributed by atoms with Gasteiger partial charge < -0.3 is 15.0 Å². The molecule has 1 aromatic rings. The molecule has 1 aliphatic rings. The molecule has 1 saturated heterocycles. The van der Waals surface area contributed by atoms with E-state index in [1.807, 2.05) is 42.2 Å². The quantitative estimate of drug-likeness (QED) is 0.869. The van der Waals surface area contributed by atoms with E-state index in [0.29, 0.717) is 6.42 Å². The summed E-state index contributed by atoms with van der Waals surface area (Å²) in [6.07, 6.45) is 3.60. The highest BCUT2D eigenvalue weighted by atomic mass is 16.5. The van der Waals surface area contributed by atoms with Gasteiger partial charge in [-0.1, -0.05) is 30.3 Å². The van der Waals surface area contributed by atoms with Crippen molar-refractivity contribution in [2.24, 2.45) is 0 Å². The first-order valence-corrected chi connectivity index (χ1v) is 7.80. The van der Waals surface area contributed by atoms with Gasteiger partial charge in [-0.25, -0.2) is 9.59 Å². The van der Waals surface area contributed by atoms with Crippen LogP contribution in [0.25, 0.3) is 0 Å². The Morgan fingerprint density at radius 1 is 1.32 bits per heavy atom. The second kappa shape index (κ2) is 7.82. The van der Waals surface area contributed by atoms with Gasteiger partial charge in [-0.15, -0.1) is 0 Å². The minimum atomic E-state index is -0.658. The molecular weight excluding hydrogens is 280 g/mol. The molecule has 0 unspecified atom stereocenters. The van der Waals surface area contributed by atoms with E-state index >= 15 is 0 Å². The summed E-state index contributed by atoms with van der Waals surface area (Å²) in [6, 6.07) is 8.99. The Morgan fingerprint density at radius 3 is 2.68 bits per heavy atom. The predicted molar refractivity (Wildman–Crippen MR) is 84.5 cm³/mol. The number of hydrogen-bond donors (Lipinski definition) is 1. The fourth-order valence-corrected chi connectivity index (χ4v) is 2.82. The largest absolute Gasteiger partial charge is 0.467 e. The number of amides is 2. The normalized spacial score (nSPS) is 19.4. The van der Waals surface area contributed by atoms with Gasteiger partial charge in [0.1, 0.15) is 6.04 Å². The molecule has 0 bridgehead atoms. The number of rotatable bonds is 4. The van der Waals surface area contributed by atoms with E-state index in [4.69, 9.17) is 4.74 Å². The molecule has 22 heavy (non-hydrogen) atoms. The lowest BCUT2D eigenvalue weighted by molar-refractivity contribution is -0.142. The number of hydrogen-bond acceptors (Lipinski definition) is 3. The second-order valence-electron chi connectivity index (χ2n) is 5.75. The summed E-state index contributed by atoms with van der Waals surface area (Å²) in [4.78, 5) is 26.2. The van der Waals surface area contributed by atoms with Gasteiger partial charge in [0.25, 0.3) is 0 Å². The molecule has 2 amide bonds. The Balaban J connectivity index is 2.03. The van der Waals surface area contributed by atoms with Crippen molar-refractivity contribution in [1.82, 2.24) is 10.2 Å². The molecule has 0 radical (unpaired) electrons. The van der Waals surface area contributed by atoms with E-state index in [1.165, 1.54) is 7.11 Å². The van der Waals surface area contributed by atoms with E-state index in [1.54, 1.807) is 0 Å². The van der Waals surface area contributed by atoms with E-state index < -0.39 is 12.0 Å². The van der Waals surface area contributed by atoms with Crippen LogP contribution in [-0.4, -0.2) is 42.6 Å². The number of piperidine rings is 1. The van der Waals surface area contributed by atoms with Crippen LogP contribution in [0.15, 0.2) is 30.3 Å². The zero-order chi connectivity index (χ0) is 15.9. The van der Waals surface area contributed by atoms with Crippen LogP contribution in [0, 0.1) is 0 Å². The number of benzene rings is 1. The van der Waals surface area contributed by atoms with E-state index in [-0.39, 0.29) is 12.1 Å². The summed E-state index contributed by atoms with van der Waals surface area (Å²) in [5, 5.41) is 2.83. The molecule has 1 aliphatic heterocycles. The van der Waals surface area contributed by atoms with E-state index in [0.717, 1.165) is 31.4 Å². The zero-order valence-electron chi connectivity index (χ0n) is 13.2. The summed E-state index contributed by atoms with van der Waals surface area (Å²) >= 11 is 0. The van der Waals surface area contributed by atoms with Crippen molar-refractivity contribution < 1.29 is 14.3 Å². The number of methoxy groups -OCH3 is 1. The van der Waals surface area contributed by atoms with Crippen molar-refractivity contribution in [3.63, 3.8) is 0 Å². The van der Waals surface area contributed by atoms with Crippen LogP contribution >= 0.6 is 0 Å². The second-order valence-corrected chi connectivity index (χ2v) is 5.75. The van der Waals surface area contributed by atoms with Crippen LogP contribution in [0.3, 0.4) is 0 Å². The molecule has 2 atom stereocenters. The lowest BCUT2D eigenvalue weighted by atomic mass is 10.0. The van der Waals surface area contributed by atoms with Crippen LogP contribution in [-0.2, 0) is 16.0 Å². The third kappa shape index (κ3) is 4.23. The van der Waals surface area contributed by atoms with Gasteiger partial charge in [0.2, 0.25) is 0 Å². The smallest absolute Gasteiger partial charge is 0.328 e. The molecule has 0 saturated carbocycles. The van der Waals surface area contributed by atoms with Crippen LogP contribution in [0.2, 0.25) is 0 Å². The molecule has 1 N–H and O–H groups in total. The lowest BCUT2D eigenvalue weighted by Crippen LogP contribution is -2.53. The number of nitrogens with zero attached hydrogens (tertiary/aromatic N) is 1. The van der Waals surface area contributed by atoms with Crippen LogP contribution in [0.4, 0.5) is 4.79 Å². The number of ether oxygens (including phenoxy) is 1. The topological polar surface area (TPSA) is 58.6 Å². The molecule has 1 heterocycles. The minimum Gasteiger partial charge on any atom is -0.467 e. The molecular formula is C17H24N2O3. The first-order chi connectivity index (χ1) is 10.6. The number of nitrogens with one attached hydrogen (secondary N) is 1. The number of urea groups is 1. The number of esters is 1. The van der Waals surface area contributed by atoms with Crippen LogP contribution in [0.5, 0.6) is 0 Å². The molecule has 120 valence electrons. The third-order valence-electron chi connectivity index (χ3n) is 4.13. The van der Waals surface area contributed by atoms with Gasteiger partial charge in [-0.05, 0) is 31.7 Å². The summed E-state index contributed by atoms with van der Waals surface area (Å²) < 4.78 is 4.83. The highest BCUT2D eigenvalue weighted by Crippen LogP contribution is 2.16. The molecule has 0 aromatic heterocycles. The maximum atomic E-state index is 12.4. The summed E-state index contributed by atoms with van der Waals surface area (Å²) in [6.45, 7) is 2.79. The number of likely N-dealkylation sites (tertiary alicyclic amines) is 1. The lowest BCUT2D eigenvalue weighted by Gasteiger charge is -2.34. The molecule has 0 spiro atoms. The fourth-order valence-electron chi connectivity index (χ4n) is 2.82. The molecule has 0 aliphatic carbocycles. The third-order valence-corrected chi connectivity index (χ3v) is 4.13. The maximum Gasteiger partial charge on any atom is 0.328 e. The van der Waals surface area contributed by atoms with Crippen molar-refractivity contribution in [2.45, 2.75) is 44.7 Å². The Bertz CT molecular complexity index is 504. The van der Waals surface area contributed by atoms with Crippen molar-refractivity contribution in [3.8, 4) is 0 Å². The summed E-state index contributed by atoms with van der Waals surface area (Å²) in [7, 11) is 1.34. The Labute approximate surface area is 131 Å². The zero-order valence-corrected chi connectivity index (χ0v) is 13.2. The molecule has 5 nitrogen and oxygen atoms in total. The van der Waals surface area contributed by atoms with Crippen molar-refractivity contribution in [3.05, 3.63) is 35.9 Å². The van der Waals surface area contributed by atoms with Crippen LogP contribution in [0.1, 0.15) is 31.7 Å². The van der Waals surface area contributed by atoms with Crippen LogP contribution < -0.4 is 5.32 Å². The van der Waals surface area contributed by atoms with Crippen molar-refractivity contribution >= 4 is 12.0 Å². The molecule has 1 fully saturated rings. The molecule has 5 heteroatoms. The SMILES string of the molecule is COC(=O)[C@@H](Cc1ccccc1)NC(=O)N1CCCC[C@@H]1C. The van der Waals surface area contributed by atoms with Gasteiger partial charge in [-0.3, -0.25) is 0 Å². The standard InChI is InChI=1S/C17H24N2O3/c1-13-8-6-7-11-19(13)17(21)18-15(16(20)22-2)12-14-9-4-3-5-10-14/h3-5,9-10,13,15H,6-8,11-12H2,1-2H3,(H,18,21)/t13-,15+/m0/s1. The fraction of sp³-hybridized carbons (Fsp3) is 0.529. The van der Waals surface area contributed by atoms with Gasteiger partial charge in [0, 0.05) is 19.0 Å². The highest BCUT2D eigenvalue weighted by molar-refractivity contribution is 5.84. The maximum absolute atomic E-state index is 12.4. The van der Waals surface area contributed by atoms with Gasteiger partial charge in [0.05, 0.1) is 7.11 Å². The first kappa shape index (κ1) is 16.3. The Hall–Kier alpha value is -2.04. The van der Waals surface area contributed by atoms with Gasteiger partial charge in [0.15, 0.2) is 0 Å². The Morgan fingerprint density at radius 2 is 2.05 bits per heavy atom. The number of carbonyl (C=O) groups is 2. The molecule has 1 aromatic carbocycles. The summed E-state index contributed by atoms with van der Waals surface area (Å²) in [5.74, 6) is -0.415. The average Bonchev–Trinajstić information content (AvgIpc) is 2.54. The predicted octanol–water partition coefficient (Wildman–Crippen LogP) is 2.35. The minimum absolute atomic E-state index is 0.182. The first-order valence-electron chi connectivity index (χ1n) is 7.80.